The molecule has 1 aliphatic carbocycles. The molecule has 1 unspecified atom stereocenters. The van der Waals surface area contributed by atoms with Gasteiger partial charge < -0.3 is 10.6 Å². The molecule has 1 atom stereocenters. The fourth-order valence-electron chi connectivity index (χ4n) is 2.77. The highest BCUT2D eigenvalue weighted by Crippen LogP contribution is 2.25. The minimum absolute atomic E-state index is 0.178. The van der Waals surface area contributed by atoms with Crippen molar-refractivity contribution in [1.29, 1.82) is 0 Å². The van der Waals surface area contributed by atoms with Gasteiger partial charge in [0.05, 0.1) is 0 Å². The number of nitrogens with zero attached hydrogens (tertiary/aromatic N) is 2. The van der Waals surface area contributed by atoms with Crippen molar-refractivity contribution in [2.45, 2.75) is 51.1 Å². The number of likely N-dealkylation sites (N-methyl/N-ethyl adjacent to an activating group) is 1. The van der Waals surface area contributed by atoms with E-state index < -0.39 is 0 Å². The van der Waals surface area contributed by atoms with Crippen molar-refractivity contribution in [3.05, 3.63) is 0 Å². The van der Waals surface area contributed by atoms with Gasteiger partial charge in [0.25, 0.3) is 0 Å². The summed E-state index contributed by atoms with van der Waals surface area (Å²) in [6.07, 6.45) is 5.72. The second kappa shape index (κ2) is 6.97. The monoisotopic (exact) mass is 241 g/mol. The van der Waals surface area contributed by atoms with E-state index in [2.05, 4.69) is 11.8 Å². The number of carbonyl (C=O) groups excluding carboxylic acids is 1. The SMILES string of the molecule is CCN(C1CCCC1)C(CN)CC(=O)N(C)C. The molecule has 1 aliphatic rings. The normalized spacial score (nSPS) is 18.6. The molecule has 0 aromatic carbocycles. The van der Waals surface area contributed by atoms with Crippen LogP contribution in [0.25, 0.3) is 0 Å². The van der Waals surface area contributed by atoms with E-state index in [9.17, 15) is 4.79 Å². The zero-order chi connectivity index (χ0) is 12.8. The van der Waals surface area contributed by atoms with Gasteiger partial charge in [-0.15, -0.1) is 0 Å². The summed E-state index contributed by atoms with van der Waals surface area (Å²) in [7, 11) is 3.61. The van der Waals surface area contributed by atoms with Crippen LogP contribution in [0.4, 0.5) is 0 Å². The van der Waals surface area contributed by atoms with Gasteiger partial charge in [0.15, 0.2) is 0 Å². The average molecular weight is 241 g/mol. The summed E-state index contributed by atoms with van der Waals surface area (Å²) in [6, 6.07) is 0.849. The van der Waals surface area contributed by atoms with Crippen LogP contribution < -0.4 is 5.73 Å². The van der Waals surface area contributed by atoms with Crippen molar-refractivity contribution >= 4 is 5.91 Å². The summed E-state index contributed by atoms with van der Waals surface area (Å²) in [5.41, 5.74) is 5.85. The van der Waals surface area contributed by atoms with E-state index in [1.54, 1.807) is 4.90 Å². The molecule has 1 saturated carbocycles. The number of amides is 1. The van der Waals surface area contributed by atoms with Crippen LogP contribution in [0.2, 0.25) is 0 Å². The largest absolute Gasteiger partial charge is 0.349 e. The lowest BCUT2D eigenvalue weighted by molar-refractivity contribution is -0.130. The number of nitrogens with two attached hydrogens (primary N) is 1. The van der Waals surface area contributed by atoms with E-state index in [0.717, 1.165) is 6.54 Å². The molecule has 17 heavy (non-hydrogen) atoms. The number of hydrogen-bond acceptors (Lipinski definition) is 3. The first-order valence-corrected chi connectivity index (χ1v) is 6.76. The van der Waals surface area contributed by atoms with Crippen LogP contribution in [0, 0.1) is 0 Å². The molecule has 0 bridgehead atoms. The molecule has 0 saturated heterocycles. The highest BCUT2D eigenvalue weighted by atomic mass is 16.2. The van der Waals surface area contributed by atoms with E-state index in [0.29, 0.717) is 19.0 Å². The van der Waals surface area contributed by atoms with Gasteiger partial charge in [-0.3, -0.25) is 9.69 Å². The van der Waals surface area contributed by atoms with Crippen LogP contribution in [-0.2, 0) is 4.79 Å². The molecule has 2 N–H and O–H groups in total. The predicted molar refractivity (Wildman–Crippen MR) is 70.8 cm³/mol. The zero-order valence-corrected chi connectivity index (χ0v) is 11.5. The highest BCUT2D eigenvalue weighted by Gasteiger charge is 2.28. The van der Waals surface area contributed by atoms with E-state index in [4.69, 9.17) is 5.73 Å². The van der Waals surface area contributed by atoms with Crippen LogP contribution in [0.3, 0.4) is 0 Å². The van der Waals surface area contributed by atoms with Gasteiger partial charge in [0.1, 0.15) is 0 Å². The van der Waals surface area contributed by atoms with Crippen molar-refractivity contribution in [3.63, 3.8) is 0 Å². The Balaban J connectivity index is 2.59. The topological polar surface area (TPSA) is 49.6 Å². The Morgan fingerprint density at radius 1 is 1.35 bits per heavy atom. The summed E-state index contributed by atoms with van der Waals surface area (Å²) in [5.74, 6) is 0.178. The maximum absolute atomic E-state index is 11.8. The second-order valence-electron chi connectivity index (χ2n) is 5.15. The smallest absolute Gasteiger partial charge is 0.223 e. The molecule has 0 aliphatic heterocycles. The van der Waals surface area contributed by atoms with Crippen molar-refractivity contribution in [2.24, 2.45) is 5.73 Å². The van der Waals surface area contributed by atoms with Crippen molar-refractivity contribution in [3.8, 4) is 0 Å². The molecule has 1 rings (SSSR count). The lowest BCUT2D eigenvalue weighted by Crippen LogP contribution is -2.48. The zero-order valence-electron chi connectivity index (χ0n) is 11.5. The molecule has 0 spiro atoms. The van der Waals surface area contributed by atoms with Gasteiger partial charge in [0.2, 0.25) is 5.91 Å². The molecule has 100 valence electrons. The van der Waals surface area contributed by atoms with E-state index in [1.165, 1.54) is 25.7 Å². The first kappa shape index (κ1) is 14.5. The van der Waals surface area contributed by atoms with Gasteiger partial charge in [-0.1, -0.05) is 19.8 Å². The summed E-state index contributed by atoms with van der Waals surface area (Å²) in [6.45, 7) is 3.73. The van der Waals surface area contributed by atoms with Crippen molar-refractivity contribution in [2.75, 3.05) is 27.2 Å². The lowest BCUT2D eigenvalue weighted by Gasteiger charge is -2.35. The molecule has 0 radical (unpaired) electrons. The van der Waals surface area contributed by atoms with Gasteiger partial charge >= 0.3 is 0 Å². The maximum Gasteiger partial charge on any atom is 0.223 e. The Labute approximate surface area is 105 Å². The summed E-state index contributed by atoms with van der Waals surface area (Å²) >= 11 is 0. The first-order chi connectivity index (χ1) is 8.10. The van der Waals surface area contributed by atoms with Crippen molar-refractivity contribution in [1.82, 2.24) is 9.80 Å². The van der Waals surface area contributed by atoms with Gasteiger partial charge in [-0.05, 0) is 19.4 Å². The molecular formula is C13H27N3O. The molecule has 1 fully saturated rings. The Kier molecular flexibility index (Phi) is 5.92. The van der Waals surface area contributed by atoms with Crippen LogP contribution >= 0.6 is 0 Å². The standard InChI is InChI=1S/C13H27N3O/c1-4-16(11-7-5-6-8-11)12(10-14)9-13(17)15(2)3/h11-12H,4-10,14H2,1-3H3. The second-order valence-corrected chi connectivity index (χ2v) is 5.15. The minimum atomic E-state index is 0.178. The first-order valence-electron chi connectivity index (χ1n) is 6.76. The molecule has 4 nitrogen and oxygen atoms in total. The summed E-state index contributed by atoms with van der Waals surface area (Å²) in [4.78, 5) is 15.9. The maximum atomic E-state index is 11.8. The minimum Gasteiger partial charge on any atom is -0.349 e. The molecule has 1 amide bonds. The average Bonchev–Trinajstić information content (AvgIpc) is 2.81. The van der Waals surface area contributed by atoms with Crippen LogP contribution in [0.1, 0.15) is 39.0 Å². The lowest BCUT2D eigenvalue weighted by atomic mass is 10.1. The Morgan fingerprint density at radius 2 is 1.94 bits per heavy atom. The molecular weight excluding hydrogens is 214 g/mol. The number of carbonyl (C=O) groups is 1. The molecule has 0 aromatic rings. The predicted octanol–water partition coefficient (Wildman–Crippen LogP) is 1.06. The van der Waals surface area contributed by atoms with Gasteiger partial charge in [-0.25, -0.2) is 0 Å². The molecule has 0 heterocycles. The Hall–Kier alpha value is -0.610. The Bertz CT molecular complexity index is 237. The molecule has 4 heteroatoms. The number of hydrogen-bond donors (Lipinski definition) is 1. The highest BCUT2D eigenvalue weighted by molar-refractivity contribution is 5.76. The van der Waals surface area contributed by atoms with Crippen LogP contribution in [0.5, 0.6) is 0 Å². The van der Waals surface area contributed by atoms with Crippen LogP contribution in [-0.4, -0.2) is 55.0 Å². The van der Waals surface area contributed by atoms with Crippen molar-refractivity contribution < 1.29 is 4.79 Å². The molecule has 0 aromatic heterocycles. The fraction of sp³-hybridized carbons (Fsp3) is 0.923. The van der Waals surface area contributed by atoms with Crippen LogP contribution in [0.15, 0.2) is 0 Å². The van der Waals surface area contributed by atoms with E-state index in [-0.39, 0.29) is 11.9 Å². The Morgan fingerprint density at radius 3 is 2.35 bits per heavy atom. The summed E-state index contributed by atoms with van der Waals surface area (Å²) < 4.78 is 0. The fourth-order valence-corrected chi connectivity index (χ4v) is 2.77. The van der Waals surface area contributed by atoms with E-state index >= 15 is 0 Å². The number of rotatable bonds is 6. The third-order valence-electron chi connectivity index (χ3n) is 3.81. The van der Waals surface area contributed by atoms with E-state index in [1.807, 2.05) is 14.1 Å². The van der Waals surface area contributed by atoms with Gasteiger partial charge in [0, 0.05) is 39.1 Å². The third kappa shape index (κ3) is 3.96. The summed E-state index contributed by atoms with van der Waals surface area (Å²) in [5, 5.41) is 0. The quantitative estimate of drug-likeness (QED) is 0.756. The third-order valence-corrected chi connectivity index (χ3v) is 3.81. The van der Waals surface area contributed by atoms with Gasteiger partial charge in [-0.2, -0.15) is 0 Å².